The molecule has 2 rings (SSSR count). The number of rotatable bonds is 4. The van der Waals surface area contributed by atoms with Crippen molar-refractivity contribution in [1.82, 2.24) is 10.2 Å². The molecule has 0 atom stereocenters. The van der Waals surface area contributed by atoms with Gasteiger partial charge in [0.2, 0.25) is 11.8 Å². The number of aromatic nitrogens is 2. The summed E-state index contributed by atoms with van der Waals surface area (Å²) in [6.07, 6.45) is 1.48. The van der Waals surface area contributed by atoms with Gasteiger partial charge in [-0.3, -0.25) is 0 Å². The van der Waals surface area contributed by atoms with Crippen molar-refractivity contribution in [3.63, 3.8) is 0 Å². The normalized spacial score (nSPS) is 10.8. The van der Waals surface area contributed by atoms with Gasteiger partial charge in [0.15, 0.2) is 0 Å². The van der Waals surface area contributed by atoms with Crippen LogP contribution in [0.5, 0.6) is 0 Å². The molecule has 1 aromatic heterocycles. The van der Waals surface area contributed by atoms with Crippen LogP contribution in [-0.4, -0.2) is 16.7 Å². The van der Waals surface area contributed by atoms with Gasteiger partial charge in [0.05, 0.1) is 10.6 Å². The van der Waals surface area contributed by atoms with E-state index in [1.807, 2.05) is 0 Å². The Morgan fingerprint density at radius 1 is 1.24 bits per heavy atom. The standard InChI is InChI=1S/C11H11Cl2N3O/c12-7-3-4-9(13)8(6-7)11-16-15-10(17-11)2-1-5-14/h3-4,6H,1-2,5,14H2. The van der Waals surface area contributed by atoms with Crippen molar-refractivity contribution in [2.75, 3.05) is 6.54 Å². The molecule has 0 radical (unpaired) electrons. The molecular weight excluding hydrogens is 261 g/mol. The molecule has 1 aromatic carbocycles. The number of benzene rings is 1. The second-order valence-corrected chi connectivity index (χ2v) is 4.36. The Kier molecular flexibility index (Phi) is 3.99. The lowest BCUT2D eigenvalue weighted by Crippen LogP contribution is -2.00. The molecule has 0 unspecified atom stereocenters. The number of hydrogen-bond acceptors (Lipinski definition) is 4. The highest BCUT2D eigenvalue weighted by Crippen LogP contribution is 2.29. The van der Waals surface area contributed by atoms with Crippen molar-refractivity contribution < 1.29 is 4.42 Å². The Hall–Kier alpha value is -1.10. The Bertz CT molecular complexity index is 513. The molecule has 90 valence electrons. The number of halogens is 2. The van der Waals surface area contributed by atoms with Crippen molar-refractivity contribution in [3.8, 4) is 11.5 Å². The first kappa shape index (κ1) is 12.4. The minimum Gasteiger partial charge on any atom is -0.421 e. The molecule has 6 heteroatoms. The molecule has 0 aliphatic heterocycles. The molecule has 0 amide bonds. The zero-order valence-electron chi connectivity index (χ0n) is 8.99. The third-order valence-electron chi connectivity index (χ3n) is 2.22. The second kappa shape index (κ2) is 5.49. The van der Waals surface area contributed by atoms with E-state index < -0.39 is 0 Å². The van der Waals surface area contributed by atoms with Crippen LogP contribution in [0.25, 0.3) is 11.5 Å². The largest absolute Gasteiger partial charge is 0.421 e. The summed E-state index contributed by atoms with van der Waals surface area (Å²) < 4.78 is 5.49. The molecule has 0 spiro atoms. The van der Waals surface area contributed by atoms with Crippen LogP contribution in [0.3, 0.4) is 0 Å². The summed E-state index contributed by atoms with van der Waals surface area (Å²) in [6.45, 7) is 0.593. The molecular formula is C11H11Cl2N3O. The van der Waals surface area contributed by atoms with Gasteiger partial charge in [-0.2, -0.15) is 0 Å². The van der Waals surface area contributed by atoms with E-state index in [4.69, 9.17) is 33.4 Å². The number of nitrogens with two attached hydrogens (primary N) is 1. The highest BCUT2D eigenvalue weighted by Gasteiger charge is 2.12. The van der Waals surface area contributed by atoms with Crippen LogP contribution >= 0.6 is 23.2 Å². The van der Waals surface area contributed by atoms with Crippen LogP contribution in [-0.2, 0) is 6.42 Å². The summed E-state index contributed by atoms with van der Waals surface area (Å²) in [7, 11) is 0. The minimum absolute atomic E-state index is 0.379. The first-order valence-electron chi connectivity index (χ1n) is 5.18. The Balaban J connectivity index is 2.27. The fourth-order valence-corrected chi connectivity index (χ4v) is 1.75. The van der Waals surface area contributed by atoms with Crippen molar-refractivity contribution >= 4 is 23.2 Å². The lowest BCUT2D eigenvalue weighted by Gasteiger charge is -1.99. The molecule has 0 fully saturated rings. The van der Waals surface area contributed by atoms with E-state index in [1.54, 1.807) is 18.2 Å². The lowest BCUT2D eigenvalue weighted by molar-refractivity contribution is 0.499. The van der Waals surface area contributed by atoms with Crippen molar-refractivity contribution in [1.29, 1.82) is 0 Å². The molecule has 4 nitrogen and oxygen atoms in total. The van der Waals surface area contributed by atoms with Gasteiger partial charge in [-0.25, -0.2) is 0 Å². The maximum atomic E-state index is 6.04. The summed E-state index contributed by atoms with van der Waals surface area (Å²) >= 11 is 11.9. The number of hydrogen-bond donors (Lipinski definition) is 1. The second-order valence-electron chi connectivity index (χ2n) is 3.52. The molecule has 0 saturated carbocycles. The Morgan fingerprint density at radius 2 is 2.06 bits per heavy atom. The van der Waals surface area contributed by atoms with Crippen LogP contribution < -0.4 is 5.73 Å². The SMILES string of the molecule is NCCCc1nnc(-c2cc(Cl)ccc2Cl)o1. The molecule has 0 aliphatic carbocycles. The Labute approximate surface area is 109 Å². The van der Waals surface area contributed by atoms with Crippen LogP contribution in [0, 0.1) is 0 Å². The van der Waals surface area contributed by atoms with Gasteiger partial charge in [-0.15, -0.1) is 10.2 Å². The van der Waals surface area contributed by atoms with E-state index in [-0.39, 0.29) is 0 Å². The molecule has 0 aliphatic rings. The number of nitrogens with zero attached hydrogens (tertiary/aromatic N) is 2. The maximum Gasteiger partial charge on any atom is 0.249 e. The summed E-state index contributed by atoms with van der Waals surface area (Å²) in [4.78, 5) is 0. The molecule has 0 saturated heterocycles. The third-order valence-corrected chi connectivity index (χ3v) is 2.79. The zero-order valence-corrected chi connectivity index (χ0v) is 10.5. The van der Waals surface area contributed by atoms with E-state index in [2.05, 4.69) is 10.2 Å². The molecule has 1 heterocycles. The van der Waals surface area contributed by atoms with Crippen molar-refractivity contribution in [2.24, 2.45) is 5.73 Å². The molecule has 17 heavy (non-hydrogen) atoms. The molecule has 2 aromatic rings. The zero-order chi connectivity index (χ0) is 12.3. The van der Waals surface area contributed by atoms with Crippen molar-refractivity contribution in [2.45, 2.75) is 12.8 Å². The predicted molar refractivity (Wildman–Crippen MR) is 67.1 cm³/mol. The molecule has 2 N–H and O–H groups in total. The maximum absolute atomic E-state index is 6.04. The topological polar surface area (TPSA) is 64.9 Å². The first-order chi connectivity index (χ1) is 8.20. The minimum atomic E-state index is 0.379. The van der Waals surface area contributed by atoms with Crippen LogP contribution in [0.2, 0.25) is 10.0 Å². The Morgan fingerprint density at radius 3 is 2.82 bits per heavy atom. The monoisotopic (exact) mass is 271 g/mol. The average Bonchev–Trinajstić information content (AvgIpc) is 2.78. The van der Waals surface area contributed by atoms with E-state index in [9.17, 15) is 0 Å². The van der Waals surface area contributed by atoms with Gasteiger partial charge in [0.25, 0.3) is 0 Å². The summed E-state index contributed by atoms with van der Waals surface area (Å²) in [5.74, 6) is 0.936. The lowest BCUT2D eigenvalue weighted by atomic mass is 10.2. The van der Waals surface area contributed by atoms with Gasteiger partial charge in [0.1, 0.15) is 0 Å². The van der Waals surface area contributed by atoms with Crippen LogP contribution in [0.4, 0.5) is 0 Å². The fourth-order valence-electron chi connectivity index (χ4n) is 1.38. The molecule has 0 bridgehead atoms. The van der Waals surface area contributed by atoms with Crippen molar-refractivity contribution in [3.05, 3.63) is 34.1 Å². The highest BCUT2D eigenvalue weighted by atomic mass is 35.5. The van der Waals surface area contributed by atoms with Gasteiger partial charge in [-0.1, -0.05) is 23.2 Å². The van der Waals surface area contributed by atoms with Gasteiger partial charge >= 0.3 is 0 Å². The summed E-state index contributed by atoms with van der Waals surface area (Å²) in [6, 6.07) is 5.10. The van der Waals surface area contributed by atoms with E-state index in [0.717, 1.165) is 6.42 Å². The smallest absolute Gasteiger partial charge is 0.249 e. The van der Waals surface area contributed by atoms with Crippen LogP contribution in [0.15, 0.2) is 22.6 Å². The van der Waals surface area contributed by atoms with E-state index >= 15 is 0 Å². The highest BCUT2D eigenvalue weighted by molar-refractivity contribution is 6.35. The van der Waals surface area contributed by atoms with E-state index in [0.29, 0.717) is 40.4 Å². The summed E-state index contributed by atoms with van der Waals surface area (Å²) in [5, 5.41) is 8.97. The average molecular weight is 272 g/mol. The van der Waals surface area contributed by atoms with Gasteiger partial charge in [0, 0.05) is 11.4 Å². The number of aryl methyl sites for hydroxylation is 1. The fraction of sp³-hybridized carbons (Fsp3) is 0.273. The van der Waals surface area contributed by atoms with Crippen LogP contribution in [0.1, 0.15) is 12.3 Å². The first-order valence-corrected chi connectivity index (χ1v) is 5.94. The summed E-state index contributed by atoms with van der Waals surface area (Å²) in [5.41, 5.74) is 6.05. The quantitative estimate of drug-likeness (QED) is 0.929. The van der Waals surface area contributed by atoms with E-state index in [1.165, 1.54) is 0 Å². The predicted octanol–water partition coefficient (Wildman–Crippen LogP) is 2.93. The third kappa shape index (κ3) is 2.97. The van der Waals surface area contributed by atoms with Gasteiger partial charge in [-0.05, 0) is 31.2 Å². The van der Waals surface area contributed by atoms with Gasteiger partial charge < -0.3 is 10.2 Å².